The van der Waals surface area contributed by atoms with Crippen LogP contribution in [0, 0.1) is 0 Å². The number of thiophene rings is 1. The molecule has 2 heterocycles. The first-order valence-electron chi connectivity index (χ1n) is 6.70. The molecular weight excluding hydrogens is 296 g/mol. The van der Waals surface area contributed by atoms with Gasteiger partial charge in [0.15, 0.2) is 0 Å². The minimum atomic E-state index is -3.41. The Bertz CT molecular complexity index is 552. The van der Waals surface area contributed by atoms with Crippen molar-refractivity contribution in [2.75, 3.05) is 26.2 Å². The van der Waals surface area contributed by atoms with Crippen molar-refractivity contribution in [3.8, 4) is 0 Å². The standard InChI is InChI=1S/C13H22N2O3S2/c1-13(2,3)14-6-8-15(9-7-14)20(17,18)12-5-4-11(10-16)19-12/h4-5,16H,6-10H2,1-3H3. The lowest BCUT2D eigenvalue weighted by Gasteiger charge is -2.41. The van der Waals surface area contributed by atoms with E-state index in [2.05, 4.69) is 25.7 Å². The predicted octanol–water partition coefficient (Wildman–Crippen LogP) is 1.35. The van der Waals surface area contributed by atoms with E-state index in [0.717, 1.165) is 24.4 Å². The van der Waals surface area contributed by atoms with Crippen LogP contribution >= 0.6 is 11.3 Å². The summed E-state index contributed by atoms with van der Waals surface area (Å²) < 4.78 is 26.9. The minimum Gasteiger partial charge on any atom is -0.391 e. The van der Waals surface area contributed by atoms with Crippen LogP contribution in [-0.4, -0.2) is 54.4 Å². The molecule has 1 aromatic rings. The fraction of sp³-hybridized carbons (Fsp3) is 0.692. The van der Waals surface area contributed by atoms with Crippen molar-refractivity contribution in [3.05, 3.63) is 17.0 Å². The first kappa shape index (κ1) is 15.9. The molecule has 1 aliphatic rings. The molecule has 0 aliphatic carbocycles. The molecule has 1 aromatic heterocycles. The van der Waals surface area contributed by atoms with E-state index < -0.39 is 10.0 Å². The van der Waals surface area contributed by atoms with Crippen molar-refractivity contribution in [3.63, 3.8) is 0 Å². The monoisotopic (exact) mass is 318 g/mol. The number of aliphatic hydroxyl groups excluding tert-OH is 1. The summed E-state index contributed by atoms with van der Waals surface area (Å²) in [4.78, 5) is 2.98. The Morgan fingerprint density at radius 2 is 1.80 bits per heavy atom. The first-order chi connectivity index (χ1) is 9.25. The van der Waals surface area contributed by atoms with Crippen molar-refractivity contribution >= 4 is 21.4 Å². The van der Waals surface area contributed by atoms with Crippen molar-refractivity contribution in [2.45, 2.75) is 37.1 Å². The highest BCUT2D eigenvalue weighted by Gasteiger charge is 2.32. The third-order valence-electron chi connectivity index (χ3n) is 3.57. The summed E-state index contributed by atoms with van der Waals surface area (Å²) in [7, 11) is -3.41. The topological polar surface area (TPSA) is 60.9 Å². The second-order valence-electron chi connectivity index (χ2n) is 5.94. The second-order valence-corrected chi connectivity index (χ2v) is 9.27. The molecule has 1 aliphatic heterocycles. The van der Waals surface area contributed by atoms with Gasteiger partial charge in [-0.1, -0.05) is 0 Å². The average Bonchev–Trinajstić information content (AvgIpc) is 2.87. The Morgan fingerprint density at radius 3 is 2.25 bits per heavy atom. The van der Waals surface area contributed by atoms with E-state index in [1.165, 1.54) is 0 Å². The highest BCUT2D eigenvalue weighted by atomic mass is 32.2. The van der Waals surface area contributed by atoms with Crippen LogP contribution in [-0.2, 0) is 16.6 Å². The maximum atomic E-state index is 12.5. The Hall–Kier alpha value is -0.470. The van der Waals surface area contributed by atoms with Gasteiger partial charge in [0.1, 0.15) is 4.21 Å². The molecule has 20 heavy (non-hydrogen) atoms. The van der Waals surface area contributed by atoms with E-state index in [1.807, 2.05) is 0 Å². The summed E-state index contributed by atoms with van der Waals surface area (Å²) in [6.07, 6.45) is 0. The van der Waals surface area contributed by atoms with E-state index in [0.29, 0.717) is 22.2 Å². The number of hydrogen-bond donors (Lipinski definition) is 1. The second kappa shape index (κ2) is 5.73. The van der Waals surface area contributed by atoms with Gasteiger partial charge in [0.25, 0.3) is 10.0 Å². The number of nitrogens with zero attached hydrogens (tertiary/aromatic N) is 2. The molecule has 5 nitrogen and oxygen atoms in total. The summed E-state index contributed by atoms with van der Waals surface area (Å²) in [6.45, 7) is 8.86. The molecule has 0 bridgehead atoms. The zero-order chi connectivity index (χ0) is 15.0. The fourth-order valence-electron chi connectivity index (χ4n) is 2.31. The molecule has 0 unspecified atom stereocenters. The highest BCUT2D eigenvalue weighted by Crippen LogP contribution is 2.26. The fourth-order valence-corrected chi connectivity index (χ4v) is 5.10. The zero-order valence-electron chi connectivity index (χ0n) is 12.2. The number of piperazine rings is 1. The van der Waals surface area contributed by atoms with Crippen molar-refractivity contribution < 1.29 is 13.5 Å². The molecule has 2 rings (SSSR count). The maximum Gasteiger partial charge on any atom is 0.252 e. The zero-order valence-corrected chi connectivity index (χ0v) is 13.8. The number of sulfonamides is 1. The molecule has 114 valence electrons. The molecule has 1 fully saturated rings. The van der Waals surface area contributed by atoms with E-state index >= 15 is 0 Å². The summed E-state index contributed by atoms with van der Waals surface area (Å²) in [5.74, 6) is 0. The van der Waals surface area contributed by atoms with Crippen LogP contribution in [0.25, 0.3) is 0 Å². The first-order valence-corrected chi connectivity index (χ1v) is 8.95. The van der Waals surface area contributed by atoms with E-state index in [9.17, 15) is 8.42 Å². The van der Waals surface area contributed by atoms with Gasteiger partial charge in [0.05, 0.1) is 6.61 Å². The van der Waals surface area contributed by atoms with Crippen LogP contribution in [0.15, 0.2) is 16.3 Å². The summed E-state index contributed by atoms with van der Waals surface area (Å²) in [5.41, 5.74) is 0.0723. The lowest BCUT2D eigenvalue weighted by atomic mass is 10.1. The number of hydrogen-bond acceptors (Lipinski definition) is 5. The number of rotatable bonds is 3. The highest BCUT2D eigenvalue weighted by molar-refractivity contribution is 7.91. The predicted molar refractivity (Wildman–Crippen MR) is 80.3 cm³/mol. The maximum absolute atomic E-state index is 12.5. The summed E-state index contributed by atoms with van der Waals surface area (Å²) in [5, 5.41) is 9.05. The summed E-state index contributed by atoms with van der Waals surface area (Å²) >= 11 is 1.15. The Morgan fingerprint density at radius 1 is 1.20 bits per heavy atom. The van der Waals surface area contributed by atoms with Gasteiger partial charge in [-0.2, -0.15) is 4.31 Å². The number of aliphatic hydroxyl groups is 1. The molecular formula is C13H22N2O3S2. The van der Waals surface area contributed by atoms with E-state index in [1.54, 1.807) is 16.4 Å². The van der Waals surface area contributed by atoms with Gasteiger partial charge < -0.3 is 5.11 Å². The van der Waals surface area contributed by atoms with Gasteiger partial charge in [-0.25, -0.2) is 8.42 Å². The van der Waals surface area contributed by atoms with Gasteiger partial charge in [-0.3, -0.25) is 4.90 Å². The quantitative estimate of drug-likeness (QED) is 0.914. The lowest BCUT2D eigenvalue weighted by Crippen LogP contribution is -2.54. The molecule has 7 heteroatoms. The van der Waals surface area contributed by atoms with Crippen molar-refractivity contribution in [1.82, 2.24) is 9.21 Å². The smallest absolute Gasteiger partial charge is 0.252 e. The largest absolute Gasteiger partial charge is 0.391 e. The Kier molecular flexibility index (Phi) is 4.56. The molecule has 0 spiro atoms. The van der Waals surface area contributed by atoms with Crippen molar-refractivity contribution in [1.29, 1.82) is 0 Å². The normalized spacial score (nSPS) is 19.4. The van der Waals surface area contributed by atoms with Gasteiger partial charge in [-0.05, 0) is 32.9 Å². The minimum absolute atomic E-state index is 0.0723. The lowest BCUT2D eigenvalue weighted by molar-refractivity contribution is 0.0922. The molecule has 1 saturated heterocycles. The molecule has 1 N–H and O–H groups in total. The van der Waals surface area contributed by atoms with Gasteiger partial charge >= 0.3 is 0 Å². The molecule has 0 saturated carbocycles. The third kappa shape index (κ3) is 3.23. The van der Waals surface area contributed by atoms with Crippen LogP contribution in [0.4, 0.5) is 0 Å². The molecule has 0 amide bonds. The van der Waals surface area contributed by atoms with Gasteiger partial charge in [-0.15, -0.1) is 11.3 Å². The van der Waals surface area contributed by atoms with Crippen LogP contribution in [0.2, 0.25) is 0 Å². The molecule has 0 aromatic carbocycles. The molecule has 0 atom stereocenters. The van der Waals surface area contributed by atoms with Crippen LogP contribution in [0.3, 0.4) is 0 Å². The van der Waals surface area contributed by atoms with E-state index in [4.69, 9.17) is 5.11 Å². The van der Waals surface area contributed by atoms with Crippen LogP contribution in [0.1, 0.15) is 25.6 Å². The van der Waals surface area contributed by atoms with Gasteiger partial charge in [0.2, 0.25) is 0 Å². The third-order valence-corrected chi connectivity index (χ3v) is 7.01. The van der Waals surface area contributed by atoms with Crippen molar-refractivity contribution in [2.24, 2.45) is 0 Å². The van der Waals surface area contributed by atoms with Crippen LogP contribution in [0.5, 0.6) is 0 Å². The Labute approximate surface area is 124 Å². The van der Waals surface area contributed by atoms with Gasteiger partial charge in [0, 0.05) is 36.6 Å². The summed E-state index contributed by atoms with van der Waals surface area (Å²) in [6, 6.07) is 3.25. The average molecular weight is 318 g/mol. The molecule has 0 radical (unpaired) electrons. The van der Waals surface area contributed by atoms with E-state index in [-0.39, 0.29) is 12.1 Å². The van der Waals surface area contributed by atoms with Crippen LogP contribution < -0.4 is 0 Å². The SMILES string of the molecule is CC(C)(C)N1CCN(S(=O)(=O)c2ccc(CO)s2)CC1. The Balaban J connectivity index is 2.09.